The minimum absolute atomic E-state index is 0.268. The zero-order valence-electron chi connectivity index (χ0n) is 19.0. The summed E-state index contributed by atoms with van der Waals surface area (Å²) < 4.78 is 49.6. The molecule has 0 aromatic heterocycles. The van der Waals surface area contributed by atoms with Crippen LogP contribution < -0.4 is 9.47 Å². The molecule has 2 aliphatic rings. The largest absolute Gasteiger partial charge is 0.496 e. The van der Waals surface area contributed by atoms with Crippen molar-refractivity contribution in [3.63, 3.8) is 0 Å². The van der Waals surface area contributed by atoms with Gasteiger partial charge in [0.2, 0.25) is 0 Å². The Hall–Kier alpha value is -2.25. The number of methoxy groups -OCH3 is 1. The Morgan fingerprint density at radius 1 is 1.09 bits per heavy atom. The van der Waals surface area contributed by atoms with E-state index >= 15 is 0 Å². The van der Waals surface area contributed by atoms with Crippen molar-refractivity contribution >= 4 is 0 Å². The van der Waals surface area contributed by atoms with Gasteiger partial charge in [0.25, 0.3) is 0 Å². The summed E-state index contributed by atoms with van der Waals surface area (Å²) in [6, 6.07) is 12.8. The summed E-state index contributed by atoms with van der Waals surface area (Å²) in [5.41, 5.74) is 0.147. The van der Waals surface area contributed by atoms with Gasteiger partial charge >= 0.3 is 6.18 Å². The van der Waals surface area contributed by atoms with Crippen molar-refractivity contribution in [2.45, 2.75) is 49.8 Å². The lowest BCUT2D eigenvalue weighted by Crippen LogP contribution is -2.52. The lowest BCUT2D eigenvalue weighted by atomic mass is 9.60. The number of rotatable bonds is 8. The third-order valence-electron chi connectivity index (χ3n) is 7.23. The maximum Gasteiger partial charge on any atom is 0.416 e. The summed E-state index contributed by atoms with van der Waals surface area (Å²) in [7, 11) is 1.67. The molecule has 2 fully saturated rings. The van der Waals surface area contributed by atoms with Crippen LogP contribution in [0.5, 0.6) is 11.5 Å². The summed E-state index contributed by atoms with van der Waals surface area (Å²) in [4.78, 5) is 2.30. The molecule has 7 heteroatoms. The van der Waals surface area contributed by atoms with Crippen molar-refractivity contribution in [2.24, 2.45) is 5.92 Å². The van der Waals surface area contributed by atoms with Crippen LogP contribution in [0, 0.1) is 5.92 Å². The van der Waals surface area contributed by atoms with Gasteiger partial charge in [-0.15, -0.1) is 0 Å². The molecule has 0 spiro atoms. The van der Waals surface area contributed by atoms with E-state index in [1.165, 1.54) is 12.1 Å². The molecular weight excluding hydrogens is 431 g/mol. The minimum atomic E-state index is -4.34. The number of piperidine rings is 1. The highest BCUT2D eigenvalue weighted by molar-refractivity contribution is 5.42. The van der Waals surface area contributed by atoms with Crippen molar-refractivity contribution in [2.75, 3.05) is 33.4 Å². The second kappa shape index (κ2) is 9.94. The first-order valence-corrected chi connectivity index (χ1v) is 11.7. The molecule has 4 rings (SSSR count). The van der Waals surface area contributed by atoms with Gasteiger partial charge in [-0.3, -0.25) is 0 Å². The molecule has 1 heterocycles. The molecule has 2 aromatic carbocycles. The fraction of sp³-hybridized carbons (Fsp3) is 0.538. The molecule has 2 aromatic rings. The molecule has 0 bridgehead atoms. The Morgan fingerprint density at radius 2 is 1.82 bits per heavy atom. The van der Waals surface area contributed by atoms with Crippen molar-refractivity contribution in [1.29, 1.82) is 0 Å². The van der Waals surface area contributed by atoms with E-state index in [-0.39, 0.29) is 11.3 Å². The zero-order chi connectivity index (χ0) is 23.5. The van der Waals surface area contributed by atoms with Gasteiger partial charge in [0.05, 0.1) is 25.4 Å². The maximum absolute atomic E-state index is 12.7. The van der Waals surface area contributed by atoms with Gasteiger partial charge < -0.3 is 19.5 Å². The molecule has 1 saturated carbocycles. The highest BCUT2D eigenvalue weighted by atomic mass is 19.4. The monoisotopic (exact) mass is 463 g/mol. The third-order valence-corrected chi connectivity index (χ3v) is 7.23. The van der Waals surface area contributed by atoms with E-state index in [4.69, 9.17) is 9.47 Å². The van der Waals surface area contributed by atoms with Crippen LogP contribution in [0.2, 0.25) is 0 Å². The molecule has 33 heavy (non-hydrogen) atoms. The Kier molecular flexibility index (Phi) is 7.19. The smallest absolute Gasteiger partial charge is 0.416 e. The van der Waals surface area contributed by atoms with Gasteiger partial charge in [-0.1, -0.05) is 24.6 Å². The molecular formula is C26H32F3NO3. The van der Waals surface area contributed by atoms with E-state index in [1.807, 2.05) is 18.2 Å². The molecule has 180 valence electrons. The van der Waals surface area contributed by atoms with Crippen LogP contribution in [0.15, 0.2) is 48.5 Å². The van der Waals surface area contributed by atoms with Gasteiger partial charge in [-0.25, -0.2) is 0 Å². The number of likely N-dealkylation sites (tertiary alicyclic amines) is 1. The lowest BCUT2D eigenvalue weighted by Gasteiger charge is -2.48. The fourth-order valence-corrected chi connectivity index (χ4v) is 5.22. The first kappa shape index (κ1) is 23.9. The predicted octanol–water partition coefficient (Wildman–Crippen LogP) is 5.29. The summed E-state index contributed by atoms with van der Waals surface area (Å²) in [6.07, 6.45) is 0.173. The number of aliphatic hydroxyl groups excluding tert-OH is 1. The second-order valence-electron chi connectivity index (χ2n) is 9.33. The number of ether oxygens (including phenoxy) is 2. The van der Waals surface area contributed by atoms with E-state index in [0.29, 0.717) is 18.9 Å². The van der Waals surface area contributed by atoms with E-state index in [0.717, 1.165) is 68.6 Å². The van der Waals surface area contributed by atoms with E-state index in [1.54, 1.807) is 7.11 Å². The lowest BCUT2D eigenvalue weighted by molar-refractivity contribution is -0.137. The van der Waals surface area contributed by atoms with Crippen molar-refractivity contribution in [1.82, 2.24) is 4.90 Å². The Bertz CT molecular complexity index is 912. The first-order valence-electron chi connectivity index (χ1n) is 11.7. The number of halogens is 3. The Balaban J connectivity index is 1.34. The van der Waals surface area contributed by atoms with Crippen molar-refractivity contribution < 1.29 is 27.8 Å². The van der Waals surface area contributed by atoms with E-state index in [2.05, 4.69) is 11.0 Å². The van der Waals surface area contributed by atoms with Gasteiger partial charge in [-0.2, -0.15) is 13.2 Å². The zero-order valence-corrected chi connectivity index (χ0v) is 19.0. The number of para-hydroxylation sites is 1. The minimum Gasteiger partial charge on any atom is -0.496 e. The predicted molar refractivity (Wildman–Crippen MR) is 121 cm³/mol. The Morgan fingerprint density at radius 3 is 2.45 bits per heavy atom. The number of aliphatic hydroxyl groups is 1. The van der Waals surface area contributed by atoms with Crippen LogP contribution in [0.1, 0.15) is 43.2 Å². The molecule has 1 saturated heterocycles. The van der Waals surface area contributed by atoms with E-state index in [9.17, 15) is 18.3 Å². The highest BCUT2D eigenvalue weighted by Crippen LogP contribution is 2.49. The molecule has 2 unspecified atom stereocenters. The fourth-order valence-electron chi connectivity index (χ4n) is 5.22. The number of alkyl halides is 3. The van der Waals surface area contributed by atoms with Crippen LogP contribution in [-0.4, -0.2) is 49.5 Å². The van der Waals surface area contributed by atoms with Gasteiger partial charge in [0.15, 0.2) is 0 Å². The number of β-amino-alcohol motifs (C(OH)–C–C–N with tert-alkyl or cyclic N) is 1. The van der Waals surface area contributed by atoms with Gasteiger partial charge in [-0.05, 0) is 62.6 Å². The van der Waals surface area contributed by atoms with Gasteiger partial charge in [0, 0.05) is 30.0 Å². The molecule has 1 aliphatic carbocycles. The molecule has 0 radical (unpaired) electrons. The number of benzene rings is 2. The number of hydrogen-bond donors (Lipinski definition) is 1. The van der Waals surface area contributed by atoms with Crippen LogP contribution in [0.3, 0.4) is 0 Å². The average Bonchev–Trinajstić information content (AvgIpc) is 2.77. The molecule has 2 atom stereocenters. The van der Waals surface area contributed by atoms with Crippen LogP contribution in [0.4, 0.5) is 13.2 Å². The normalized spacial score (nSPS) is 21.8. The maximum atomic E-state index is 12.7. The summed E-state index contributed by atoms with van der Waals surface area (Å²) in [5, 5.41) is 11.3. The van der Waals surface area contributed by atoms with Crippen LogP contribution in [-0.2, 0) is 11.6 Å². The van der Waals surface area contributed by atoms with Crippen molar-refractivity contribution in [3.8, 4) is 11.5 Å². The molecule has 0 amide bonds. The first-order chi connectivity index (χ1) is 15.8. The standard InChI is InChI=1S/C26H32F3NO3/c1-32-23-8-3-2-7-22(23)25(13-5-14-25)24(31)17-30-15-4-6-19(16-30)18-33-21-11-9-20(10-12-21)26(27,28)29/h2-3,7-12,19,24,31H,4-6,13-18H2,1H3. The number of nitrogens with zero attached hydrogens (tertiary/aromatic N) is 1. The second-order valence-corrected chi connectivity index (χ2v) is 9.33. The summed E-state index contributed by atoms with van der Waals surface area (Å²) >= 11 is 0. The van der Waals surface area contributed by atoms with Crippen molar-refractivity contribution in [3.05, 3.63) is 59.7 Å². The summed E-state index contributed by atoms with van der Waals surface area (Å²) in [6.45, 7) is 2.78. The molecule has 1 aliphatic heterocycles. The topological polar surface area (TPSA) is 41.9 Å². The molecule has 1 N–H and O–H groups in total. The number of hydrogen-bond acceptors (Lipinski definition) is 4. The SMILES string of the molecule is COc1ccccc1C1(C(O)CN2CCCC(COc3ccc(C(F)(F)F)cc3)C2)CCC1. The van der Waals surface area contributed by atoms with Crippen LogP contribution >= 0.6 is 0 Å². The Labute approximate surface area is 193 Å². The summed E-state index contributed by atoms with van der Waals surface area (Å²) in [5.74, 6) is 1.55. The van der Waals surface area contributed by atoms with E-state index < -0.39 is 17.8 Å². The van der Waals surface area contributed by atoms with Crippen LogP contribution in [0.25, 0.3) is 0 Å². The average molecular weight is 464 g/mol. The van der Waals surface area contributed by atoms with Gasteiger partial charge in [0.1, 0.15) is 11.5 Å². The third kappa shape index (κ3) is 5.30. The quantitative estimate of drug-likeness (QED) is 0.578. The molecule has 4 nitrogen and oxygen atoms in total. The highest BCUT2D eigenvalue weighted by Gasteiger charge is 2.47.